The number of hydrogen-bond donors (Lipinski definition) is 10. The second kappa shape index (κ2) is 19.8. The summed E-state index contributed by atoms with van der Waals surface area (Å²) in [4.78, 5) is 75.6. The molecule has 0 unspecified atom stereocenters. The molecule has 0 aliphatic carbocycles. The molecular weight excluding hydrogens is 646 g/mol. The highest BCUT2D eigenvalue weighted by Gasteiger charge is 2.32. The van der Waals surface area contributed by atoms with Crippen molar-refractivity contribution < 1.29 is 29.1 Å². The SMILES string of the molecule is NC(N)=NCCC[C@@H]1NC(=O)[C@H](CCCN=C(N)N)NC(=O)[C@@H](Cc2ccc(O)cc2)NC(=O)CNC(=O)[C@H](CCc2ccccc2)NC1=O. The Kier molecular flexibility index (Phi) is 15.3. The summed E-state index contributed by atoms with van der Waals surface area (Å²) in [5.41, 5.74) is 23.3. The van der Waals surface area contributed by atoms with Gasteiger partial charge in [0.25, 0.3) is 0 Å². The van der Waals surface area contributed by atoms with Gasteiger partial charge in [0.1, 0.15) is 29.9 Å². The van der Waals surface area contributed by atoms with Crippen molar-refractivity contribution in [1.82, 2.24) is 26.6 Å². The van der Waals surface area contributed by atoms with Gasteiger partial charge in [-0.2, -0.15) is 0 Å². The molecule has 17 heteroatoms. The van der Waals surface area contributed by atoms with Crippen LogP contribution < -0.4 is 49.5 Å². The van der Waals surface area contributed by atoms with Crippen LogP contribution in [0.3, 0.4) is 0 Å². The van der Waals surface area contributed by atoms with Crippen molar-refractivity contribution in [1.29, 1.82) is 0 Å². The van der Waals surface area contributed by atoms with Crippen molar-refractivity contribution in [2.75, 3.05) is 19.6 Å². The Bertz CT molecular complexity index is 1510. The summed E-state index contributed by atoms with van der Waals surface area (Å²) in [5.74, 6) is -3.57. The number of aryl methyl sites for hydroxylation is 1. The van der Waals surface area contributed by atoms with E-state index in [0.29, 0.717) is 18.4 Å². The number of phenols is 1. The van der Waals surface area contributed by atoms with Gasteiger partial charge in [-0.3, -0.25) is 34.0 Å². The van der Waals surface area contributed by atoms with Crippen LogP contribution in [0.4, 0.5) is 0 Å². The van der Waals surface area contributed by atoms with Gasteiger partial charge in [0.2, 0.25) is 29.5 Å². The van der Waals surface area contributed by atoms with Crippen LogP contribution in [0.1, 0.15) is 43.2 Å². The number of guanidine groups is 2. The van der Waals surface area contributed by atoms with E-state index in [-0.39, 0.29) is 62.9 Å². The van der Waals surface area contributed by atoms with Crippen molar-refractivity contribution in [2.24, 2.45) is 32.9 Å². The first-order valence-corrected chi connectivity index (χ1v) is 16.3. The molecule has 4 atom stereocenters. The normalized spacial score (nSPS) is 20.4. The van der Waals surface area contributed by atoms with Gasteiger partial charge in [-0.15, -0.1) is 0 Å². The summed E-state index contributed by atoms with van der Waals surface area (Å²) in [6.45, 7) is -0.156. The van der Waals surface area contributed by atoms with Gasteiger partial charge < -0.3 is 54.6 Å². The molecule has 1 heterocycles. The highest BCUT2D eigenvalue weighted by molar-refractivity contribution is 5.97. The summed E-state index contributed by atoms with van der Waals surface area (Å²) >= 11 is 0. The van der Waals surface area contributed by atoms with Crippen molar-refractivity contribution in [2.45, 2.75) is 69.1 Å². The van der Waals surface area contributed by atoms with Gasteiger partial charge in [0.15, 0.2) is 11.9 Å². The number of aliphatic imine (C=N–C) groups is 2. The van der Waals surface area contributed by atoms with Gasteiger partial charge in [0, 0.05) is 19.5 Å². The monoisotopic (exact) mass is 693 g/mol. The van der Waals surface area contributed by atoms with Crippen LogP contribution in [0.2, 0.25) is 0 Å². The smallest absolute Gasteiger partial charge is 0.243 e. The van der Waals surface area contributed by atoms with E-state index in [1.165, 1.54) is 12.1 Å². The molecule has 5 amide bonds. The predicted molar refractivity (Wildman–Crippen MR) is 187 cm³/mol. The molecule has 0 radical (unpaired) electrons. The minimum absolute atomic E-state index is 0.00129. The molecule has 1 aliphatic rings. The molecule has 3 rings (SSSR count). The van der Waals surface area contributed by atoms with Gasteiger partial charge in [-0.1, -0.05) is 42.5 Å². The lowest BCUT2D eigenvalue weighted by molar-refractivity contribution is -0.134. The molecule has 0 aromatic heterocycles. The molecule has 0 spiro atoms. The molecule has 2 aromatic carbocycles. The van der Waals surface area contributed by atoms with Crippen molar-refractivity contribution in [3.63, 3.8) is 0 Å². The Labute approximate surface area is 290 Å². The van der Waals surface area contributed by atoms with Crippen LogP contribution in [-0.4, -0.2) is 90.4 Å². The highest BCUT2D eigenvalue weighted by Crippen LogP contribution is 2.13. The molecule has 14 N–H and O–H groups in total. The molecule has 1 saturated heterocycles. The van der Waals surface area contributed by atoms with Gasteiger partial charge in [-0.05, 0) is 61.8 Å². The molecule has 0 saturated carbocycles. The number of aromatic hydroxyl groups is 1. The average molecular weight is 694 g/mol. The first-order chi connectivity index (χ1) is 23.9. The van der Waals surface area contributed by atoms with Crippen LogP contribution >= 0.6 is 0 Å². The third-order valence-electron chi connectivity index (χ3n) is 7.81. The van der Waals surface area contributed by atoms with Crippen LogP contribution in [0.15, 0.2) is 64.6 Å². The van der Waals surface area contributed by atoms with E-state index in [9.17, 15) is 29.1 Å². The number of amides is 5. The van der Waals surface area contributed by atoms with E-state index >= 15 is 0 Å². The Morgan fingerprint density at radius 3 is 1.64 bits per heavy atom. The maximum absolute atomic E-state index is 13.8. The number of phenolic OH excluding ortho intramolecular Hbond substituents is 1. The highest BCUT2D eigenvalue weighted by atomic mass is 16.3. The summed E-state index contributed by atoms with van der Waals surface area (Å²) < 4.78 is 0. The minimum atomic E-state index is -1.17. The van der Waals surface area contributed by atoms with E-state index in [1.807, 2.05) is 30.3 Å². The zero-order valence-corrected chi connectivity index (χ0v) is 27.8. The molecule has 2 aromatic rings. The molecule has 1 fully saturated rings. The van der Waals surface area contributed by atoms with E-state index in [4.69, 9.17) is 22.9 Å². The van der Waals surface area contributed by atoms with Gasteiger partial charge >= 0.3 is 0 Å². The zero-order valence-electron chi connectivity index (χ0n) is 27.8. The average Bonchev–Trinajstić information content (AvgIpc) is 3.08. The largest absolute Gasteiger partial charge is 0.508 e. The van der Waals surface area contributed by atoms with Crippen LogP contribution in [-0.2, 0) is 36.8 Å². The fourth-order valence-corrected chi connectivity index (χ4v) is 5.20. The molecule has 270 valence electrons. The summed E-state index contributed by atoms with van der Waals surface area (Å²) in [7, 11) is 0. The Morgan fingerprint density at radius 1 is 0.620 bits per heavy atom. The maximum atomic E-state index is 13.8. The third kappa shape index (κ3) is 13.7. The zero-order chi connectivity index (χ0) is 36.5. The fraction of sp³-hybridized carbons (Fsp3) is 0.424. The van der Waals surface area contributed by atoms with E-state index in [0.717, 1.165) is 5.56 Å². The number of nitrogens with zero attached hydrogens (tertiary/aromatic N) is 2. The second-order valence-corrected chi connectivity index (χ2v) is 11.8. The summed E-state index contributed by atoms with van der Waals surface area (Å²) in [6, 6.07) is 10.9. The van der Waals surface area contributed by atoms with E-state index < -0.39 is 60.2 Å². The van der Waals surface area contributed by atoms with Gasteiger partial charge in [-0.25, -0.2) is 0 Å². The lowest BCUT2D eigenvalue weighted by Crippen LogP contribution is -2.57. The Hall–Kier alpha value is -5.87. The lowest BCUT2D eigenvalue weighted by atomic mass is 10.0. The van der Waals surface area contributed by atoms with Crippen molar-refractivity contribution in [3.05, 3.63) is 65.7 Å². The quantitative estimate of drug-likeness (QED) is 0.0610. The van der Waals surface area contributed by atoms with Crippen LogP contribution in [0.5, 0.6) is 5.75 Å². The van der Waals surface area contributed by atoms with E-state index in [1.54, 1.807) is 12.1 Å². The Morgan fingerprint density at radius 2 is 1.12 bits per heavy atom. The lowest BCUT2D eigenvalue weighted by Gasteiger charge is -2.26. The number of nitrogens with two attached hydrogens (primary N) is 4. The number of carbonyl (C=O) groups is 5. The minimum Gasteiger partial charge on any atom is -0.508 e. The topological polar surface area (TPSA) is 295 Å². The van der Waals surface area contributed by atoms with Gasteiger partial charge in [0.05, 0.1) is 6.54 Å². The number of hydrogen-bond acceptors (Lipinski definition) is 8. The molecule has 17 nitrogen and oxygen atoms in total. The van der Waals surface area contributed by atoms with Crippen molar-refractivity contribution >= 4 is 41.5 Å². The van der Waals surface area contributed by atoms with Crippen LogP contribution in [0.25, 0.3) is 0 Å². The fourth-order valence-electron chi connectivity index (χ4n) is 5.20. The van der Waals surface area contributed by atoms with Crippen molar-refractivity contribution in [3.8, 4) is 5.75 Å². The second-order valence-electron chi connectivity index (χ2n) is 11.8. The van der Waals surface area contributed by atoms with E-state index in [2.05, 4.69) is 36.6 Å². The first-order valence-electron chi connectivity index (χ1n) is 16.3. The maximum Gasteiger partial charge on any atom is 0.243 e. The standard InChI is InChI=1S/C33H47N11O6/c34-32(35)38-16-4-8-23-30(49)44-25(15-12-20-6-2-1-3-7-20)28(47)40-19-27(46)41-26(18-21-10-13-22(45)14-11-21)31(50)43-24(29(48)42-23)9-5-17-39-33(36)37/h1-3,6-7,10-11,13-14,23-26,45H,4-5,8-9,12,15-19H2,(H,40,47)(H,41,46)(H,42,48)(H,43,50)(H,44,49)(H4,34,35,38)(H4,36,37,39)/t23-,24-,25-,26+/m0/s1. The molecular formula is C33H47N11O6. The summed E-state index contributed by atoms with van der Waals surface area (Å²) in [6.07, 6.45) is 1.38. The number of carbonyl (C=O) groups excluding carboxylic acids is 5. The third-order valence-corrected chi connectivity index (χ3v) is 7.81. The molecule has 0 bridgehead atoms. The Balaban J connectivity index is 1.95. The van der Waals surface area contributed by atoms with Crippen LogP contribution in [0, 0.1) is 0 Å². The number of rotatable bonds is 13. The number of nitrogens with one attached hydrogen (secondary N) is 5. The molecule has 50 heavy (non-hydrogen) atoms. The molecule has 1 aliphatic heterocycles. The first kappa shape index (κ1) is 38.6. The summed E-state index contributed by atoms with van der Waals surface area (Å²) in [5, 5.41) is 23.1. The predicted octanol–water partition coefficient (Wildman–Crippen LogP) is -2.26. The number of benzene rings is 2.